The Morgan fingerprint density at radius 2 is 1.91 bits per heavy atom. The summed E-state index contributed by atoms with van der Waals surface area (Å²) in [5.41, 5.74) is 4.01. The van der Waals surface area contributed by atoms with Gasteiger partial charge in [-0.1, -0.05) is 25.1 Å². The van der Waals surface area contributed by atoms with Crippen molar-refractivity contribution in [1.82, 2.24) is 15.0 Å². The predicted molar refractivity (Wildman–Crippen MR) is 89.1 cm³/mol. The molecule has 4 nitrogen and oxygen atoms in total. The van der Waals surface area contributed by atoms with E-state index >= 15 is 0 Å². The number of rotatable bonds is 4. The molecule has 0 aliphatic rings. The van der Waals surface area contributed by atoms with E-state index < -0.39 is 0 Å². The summed E-state index contributed by atoms with van der Waals surface area (Å²) in [6.45, 7) is 4.11. The van der Waals surface area contributed by atoms with E-state index in [1.54, 1.807) is 6.20 Å². The highest BCUT2D eigenvalue weighted by Gasteiger charge is 2.06. The molecule has 1 aromatic carbocycles. The molecule has 0 spiro atoms. The minimum atomic E-state index is 0.634. The number of benzene rings is 1. The van der Waals surface area contributed by atoms with Crippen LogP contribution in [-0.4, -0.2) is 15.0 Å². The summed E-state index contributed by atoms with van der Waals surface area (Å²) in [6, 6.07) is 16.0. The lowest BCUT2D eigenvalue weighted by Crippen LogP contribution is -2.00. The SMILES string of the molecule is CCc1cccc(Nc2cc(C)nc(-c3ccccn3)n2)c1. The van der Waals surface area contributed by atoms with Gasteiger partial charge in [-0.15, -0.1) is 0 Å². The Bertz CT molecular complexity index is 769. The first-order chi connectivity index (χ1) is 10.7. The van der Waals surface area contributed by atoms with Crippen LogP contribution in [0.5, 0.6) is 0 Å². The molecule has 0 aliphatic carbocycles. The highest BCUT2D eigenvalue weighted by Crippen LogP contribution is 2.20. The smallest absolute Gasteiger partial charge is 0.180 e. The average Bonchev–Trinajstić information content (AvgIpc) is 2.55. The van der Waals surface area contributed by atoms with Gasteiger partial charge >= 0.3 is 0 Å². The number of aryl methyl sites for hydroxylation is 2. The topological polar surface area (TPSA) is 50.7 Å². The number of aromatic nitrogens is 3. The average molecular weight is 290 g/mol. The van der Waals surface area contributed by atoms with Gasteiger partial charge in [0.25, 0.3) is 0 Å². The lowest BCUT2D eigenvalue weighted by Gasteiger charge is -2.09. The Morgan fingerprint density at radius 3 is 2.68 bits per heavy atom. The molecule has 4 heteroatoms. The highest BCUT2D eigenvalue weighted by molar-refractivity contribution is 5.60. The molecule has 0 aliphatic heterocycles. The number of hydrogen-bond acceptors (Lipinski definition) is 4. The summed E-state index contributed by atoms with van der Waals surface area (Å²) in [5, 5.41) is 3.35. The number of nitrogens with zero attached hydrogens (tertiary/aromatic N) is 3. The molecule has 110 valence electrons. The van der Waals surface area contributed by atoms with Gasteiger partial charge < -0.3 is 5.32 Å². The predicted octanol–water partition coefficient (Wildman–Crippen LogP) is 4.15. The maximum absolute atomic E-state index is 4.57. The van der Waals surface area contributed by atoms with Crippen LogP contribution in [-0.2, 0) is 6.42 Å². The van der Waals surface area contributed by atoms with Gasteiger partial charge in [0.05, 0.1) is 0 Å². The number of anilines is 2. The van der Waals surface area contributed by atoms with E-state index in [0.29, 0.717) is 5.82 Å². The Balaban J connectivity index is 1.92. The van der Waals surface area contributed by atoms with Crippen LogP contribution in [0.2, 0.25) is 0 Å². The van der Waals surface area contributed by atoms with E-state index in [4.69, 9.17) is 0 Å². The van der Waals surface area contributed by atoms with Crippen molar-refractivity contribution in [2.45, 2.75) is 20.3 Å². The maximum Gasteiger partial charge on any atom is 0.180 e. The van der Waals surface area contributed by atoms with Crippen LogP contribution in [0, 0.1) is 6.92 Å². The van der Waals surface area contributed by atoms with Crippen molar-refractivity contribution in [2.24, 2.45) is 0 Å². The third-order valence-corrected chi connectivity index (χ3v) is 3.36. The van der Waals surface area contributed by atoms with Gasteiger partial charge in [-0.2, -0.15) is 0 Å². The van der Waals surface area contributed by atoms with Crippen LogP contribution in [0.15, 0.2) is 54.7 Å². The molecule has 2 aromatic heterocycles. The first-order valence-electron chi connectivity index (χ1n) is 7.37. The van der Waals surface area contributed by atoms with E-state index in [0.717, 1.165) is 29.3 Å². The molecule has 22 heavy (non-hydrogen) atoms. The van der Waals surface area contributed by atoms with E-state index in [1.807, 2.05) is 37.3 Å². The van der Waals surface area contributed by atoms with Crippen molar-refractivity contribution in [1.29, 1.82) is 0 Å². The van der Waals surface area contributed by atoms with Gasteiger partial charge in [0.15, 0.2) is 5.82 Å². The molecular formula is C18H18N4. The van der Waals surface area contributed by atoms with Gasteiger partial charge in [0.2, 0.25) is 0 Å². The molecule has 0 bridgehead atoms. The second kappa shape index (κ2) is 6.35. The molecule has 0 amide bonds. The zero-order valence-electron chi connectivity index (χ0n) is 12.7. The lowest BCUT2D eigenvalue weighted by molar-refractivity contribution is 1.09. The van der Waals surface area contributed by atoms with Crippen LogP contribution in [0.3, 0.4) is 0 Å². The first kappa shape index (κ1) is 14.2. The summed E-state index contributed by atoms with van der Waals surface area (Å²) in [6.07, 6.45) is 2.76. The van der Waals surface area contributed by atoms with Crippen LogP contribution >= 0.6 is 0 Å². The van der Waals surface area contributed by atoms with Crippen molar-refractivity contribution < 1.29 is 0 Å². The van der Waals surface area contributed by atoms with Gasteiger partial charge in [-0.25, -0.2) is 9.97 Å². The van der Waals surface area contributed by atoms with E-state index in [-0.39, 0.29) is 0 Å². The molecule has 0 fully saturated rings. The Labute approximate surface area is 130 Å². The Hall–Kier alpha value is -2.75. The van der Waals surface area contributed by atoms with Gasteiger partial charge in [0, 0.05) is 23.6 Å². The monoisotopic (exact) mass is 290 g/mol. The van der Waals surface area contributed by atoms with Crippen molar-refractivity contribution >= 4 is 11.5 Å². The standard InChI is InChI=1S/C18H18N4/c1-3-14-7-6-8-15(12-14)21-17-11-13(2)20-18(22-17)16-9-4-5-10-19-16/h4-12H,3H2,1-2H3,(H,20,21,22). The fourth-order valence-electron chi connectivity index (χ4n) is 2.26. The quantitative estimate of drug-likeness (QED) is 0.784. The molecule has 0 unspecified atom stereocenters. The first-order valence-corrected chi connectivity index (χ1v) is 7.37. The number of nitrogens with one attached hydrogen (secondary N) is 1. The van der Waals surface area contributed by atoms with Crippen LogP contribution in [0.25, 0.3) is 11.5 Å². The summed E-state index contributed by atoms with van der Waals surface area (Å²) in [4.78, 5) is 13.3. The second-order valence-electron chi connectivity index (χ2n) is 5.11. The van der Waals surface area contributed by atoms with E-state index in [9.17, 15) is 0 Å². The van der Waals surface area contributed by atoms with Crippen LogP contribution in [0.1, 0.15) is 18.2 Å². The van der Waals surface area contributed by atoms with Crippen LogP contribution < -0.4 is 5.32 Å². The third-order valence-electron chi connectivity index (χ3n) is 3.36. The fraction of sp³-hybridized carbons (Fsp3) is 0.167. The lowest BCUT2D eigenvalue weighted by atomic mass is 10.1. The number of pyridine rings is 1. The van der Waals surface area contributed by atoms with E-state index in [1.165, 1.54) is 5.56 Å². The van der Waals surface area contributed by atoms with Crippen molar-refractivity contribution in [2.75, 3.05) is 5.32 Å². The van der Waals surface area contributed by atoms with Crippen molar-refractivity contribution in [3.8, 4) is 11.5 Å². The second-order valence-corrected chi connectivity index (χ2v) is 5.11. The summed E-state index contributed by atoms with van der Waals surface area (Å²) in [7, 11) is 0. The minimum Gasteiger partial charge on any atom is -0.340 e. The molecule has 3 rings (SSSR count). The molecule has 0 radical (unpaired) electrons. The zero-order valence-corrected chi connectivity index (χ0v) is 12.7. The third kappa shape index (κ3) is 3.28. The summed E-state index contributed by atoms with van der Waals surface area (Å²) in [5.74, 6) is 1.41. The fourth-order valence-corrected chi connectivity index (χ4v) is 2.26. The summed E-state index contributed by atoms with van der Waals surface area (Å²) >= 11 is 0. The normalized spacial score (nSPS) is 10.5. The summed E-state index contributed by atoms with van der Waals surface area (Å²) < 4.78 is 0. The number of hydrogen-bond donors (Lipinski definition) is 1. The maximum atomic E-state index is 4.57. The molecule has 0 atom stereocenters. The molecule has 0 saturated heterocycles. The minimum absolute atomic E-state index is 0.634. The van der Waals surface area contributed by atoms with Gasteiger partial charge in [0.1, 0.15) is 11.5 Å². The molecular weight excluding hydrogens is 272 g/mol. The molecule has 0 saturated carbocycles. The molecule has 1 N–H and O–H groups in total. The zero-order chi connectivity index (χ0) is 15.4. The largest absolute Gasteiger partial charge is 0.340 e. The van der Waals surface area contributed by atoms with Gasteiger partial charge in [-0.05, 0) is 43.2 Å². The van der Waals surface area contributed by atoms with Gasteiger partial charge in [-0.3, -0.25) is 4.98 Å². The Kier molecular flexibility index (Phi) is 4.10. The van der Waals surface area contributed by atoms with E-state index in [2.05, 4.69) is 45.4 Å². The Morgan fingerprint density at radius 1 is 1.00 bits per heavy atom. The highest BCUT2D eigenvalue weighted by atomic mass is 15.0. The van der Waals surface area contributed by atoms with Crippen molar-refractivity contribution in [3.05, 3.63) is 66.0 Å². The molecule has 2 heterocycles. The van der Waals surface area contributed by atoms with Crippen molar-refractivity contribution in [3.63, 3.8) is 0 Å². The van der Waals surface area contributed by atoms with Crippen LogP contribution in [0.4, 0.5) is 11.5 Å². The molecule has 3 aromatic rings.